The van der Waals surface area contributed by atoms with Gasteiger partial charge in [0, 0.05) is 17.8 Å². The molecular weight excluding hydrogens is 330 g/mol. The minimum absolute atomic E-state index is 0.150. The van der Waals surface area contributed by atoms with Gasteiger partial charge in [0.1, 0.15) is 0 Å². The summed E-state index contributed by atoms with van der Waals surface area (Å²) in [5, 5.41) is 2.79. The van der Waals surface area contributed by atoms with Gasteiger partial charge in [0.15, 0.2) is 0 Å². The van der Waals surface area contributed by atoms with E-state index in [0.717, 1.165) is 0 Å². The summed E-state index contributed by atoms with van der Waals surface area (Å²) < 4.78 is 0. The Kier molecular flexibility index (Phi) is 5.14. The van der Waals surface area contributed by atoms with Crippen LogP contribution in [0.1, 0.15) is 23.7 Å². The first kappa shape index (κ1) is 17.8. The third-order valence-electron chi connectivity index (χ3n) is 4.67. The van der Waals surface area contributed by atoms with Crippen molar-refractivity contribution in [1.29, 1.82) is 0 Å². The molecule has 1 heterocycles. The Morgan fingerprint density at radius 3 is 2.15 bits per heavy atom. The number of benzene rings is 2. The Morgan fingerprint density at radius 2 is 1.62 bits per heavy atom. The van der Waals surface area contributed by atoms with Crippen LogP contribution in [0.2, 0.25) is 0 Å². The predicted octanol–water partition coefficient (Wildman–Crippen LogP) is 2.41. The lowest BCUT2D eigenvalue weighted by atomic mass is 9.93. The fourth-order valence-corrected chi connectivity index (χ4v) is 3.25. The summed E-state index contributed by atoms with van der Waals surface area (Å²) >= 11 is 0. The number of para-hydroxylation sites is 1. The summed E-state index contributed by atoms with van der Waals surface area (Å²) in [6.07, 6.45) is 0.570. The first-order valence-electron chi connectivity index (χ1n) is 8.61. The topological polar surface area (TPSA) is 92.5 Å². The van der Waals surface area contributed by atoms with Gasteiger partial charge in [-0.05, 0) is 42.8 Å². The van der Waals surface area contributed by atoms with Crippen LogP contribution in [-0.2, 0) is 9.59 Å². The number of nitrogens with two attached hydrogens (primary N) is 1. The highest BCUT2D eigenvalue weighted by molar-refractivity contribution is 6.22. The van der Waals surface area contributed by atoms with Crippen LogP contribution in [0.5, 0.6) is 0 Å². The van der Waals surface area contributed by atoms with Gasteiger partial charge in [-0.1, -0.05) is 25.1 Å². The molecule has 3 amide bonds. The molecule has 2 aromatic carbocycles. The third-order valence-corrected chi connectivity index (χ3v) is 4.67. The van der Waals surface area contributed by atoms with Crippen molar-refractivity contribution in [3.05, 3.63) is 60.2 Å². The quantitative estimate of drug-likeness (QED) is 0.809. The first-order valence-corrected chi connectivity index (χ1v) is 8.61. The summed E-state index contributed by atoms with van der Waals surface area (Å²) in [5.41, 5.74) is 7.28. The van der Waals surface area contributed by atoms with Crippen LogP contribution in [0.4, 0.5) is 11.4 Å². The molecule has 0 bridgehead atoms. The van der Waals surface area contributed by atoms with E-state index in [2.05, 4.69) is 5.32 Å². The van der Waals surface area contributed by atoms with Crippen molar-refractivity contribution in [1.82, 2.24) is 0 Å². The number of hydrogen-bond donors (Lipinski definition) is 2. The van der Waals surface area contributed by atoms with Gasteiger partial charge < -0.3 is 11.1 Å². The molecule has 3 rings (SSSR count). The number of nitrogens with zero attached hydrogens (tertiary/aromatic N) is 1. The summed E-state index contributed by atoms with van der Waals surface area (Å²) in [7, 11) is 0. The van der Waals surface area contributed by atoms with Crippen molar-refractivity contribution in [3.8, 4) is 0 Å². The van der Waals surface area contributed by atoms with Crippen LogP contribution < -0.4 is 16.0 Å². The van der Waals surface area contributed by atoms with Gasteiger partial charge in [0.25, 0.3) is 5.91 Å². The molecule has 1 saturated heterocycles. The maximum Gasteiger partial charge on any atom is 0.255 e. The van der Waals surface area contributed by atoms with E-state index in [1.165, 1.54) is 4.90 Å². The maximum atomic E-state index is 12.5. The fraction of sp³-hybridized carbons (Fsp3) is 0.250. The van der Waals surface area contributed by atoms with E-state index in [0.29, 0.717) is 23.4 Å². The minimum Gasteiger partial charge on any atom is -0.330 e. The van der Waals surface area contributed by atoms with Gasteiger partial charge in [0.2, 0.25) is 11.8 Å². The lowest BCUT2D eigenvalue weighted by Crippen LogP contribution is -2.32. The van der Waals surface area contributed by atoms with Crippen LogP contribution in [0.15, 0.2) is 54.6 Å². The molecule has 0 saturated carbocycles. The Balaban J connectivity index is 1.78. The summed E-state index contributed by atoms with van der Waals surface area (Å²) in [6, 6.07) is 15.6. The summed E-state index contributed by atoms with van der Waals surface area (Å²) in [4.78, 5) is 38.6. The number of amides is 3. The number of carbonyl (C=O) groups is 3. The average Bonchev–Trinajstić information content (AvgIpc) is 2.91. The van der Waals surface area contributed by atoms with Gasteiger partial charge >= 0.3 is 0 Å². The SMILES string of the molecule is CCC1C(=O)N(c2ccc(C(=O)Nc3ccccc3)cc2)C(=O)C1CN. The van der Waals surface area contributed by atoms with Crippen LogP contribution in [0, 0.1) is 11.8 Å². The molecule has 6 nitrogen and oxygen atoms in total. The zero-order valence-corrected chi connectivity index (χ0v) is 14.5. The Morgan fingerprint density at radius 1 is 1.00 bits per heavy atom. The third kappa shape index (κ3) is 3.23. The average molecular weight is 351 g/mol. The van der Waals surface area contributed by atoms with E-state index in [-0.39, 0.29) is 30.2 Å². The zero-order chi connectivity index (χ0) is 18.7. The molecule has 0 spiro atoms. The normalized spacial score (nSPS) is 19.7. The van der Waals surface area contributed by atoms with Crippen LogP contribution in [-0.4, -0.2) is 24.3 Å². The molecule has 134 valence electrons. The summed E-state index contributed by atoms with van der Waals surface area (Å²) in [6.45, 7) is 2.02. The van der Waals surface area contributed by atoms with Crippen molar-refractivity contribution >= 4 is 29.1 Å². The Bertz CT molecular complexity index is 796. The zero-order valence-electron chi connectivity index (χ0n) is 14.5. The maximum absolute atomic E-state index is 12.5. The van der Waals surface area contributed by atoms with E-state index in [1.807, 2.05) is 25.1 Å². The highest BCUT2D eigenvalue weighted by Crippen LogP contribution is 2.32. The number of anilines is 2. The van der Waals surface area contributed by atoms with Crippen molar-refractivity contribution in [3.63, 3.8) is 0 Å². The molecule has 2 aromatic rings. The van der Waals surface area contributed by atoms with E-state index >= 15 is 0 Å². The van der Waals surface area contributed by atoms with E-state index in [4.69, 9.17) is 5.73 Å². The predicted molar refractivity (Wildman–Crippen MR) is 99.7 cm³/mol. The molecular formula is C20H21N3O3. The Labute approximate surface area is 152 Å². The number of nitrogens with one attached hydrogen (secondary N) is 1. The van der Waals surface area contributed by atoms with Gasteiger partial charge in [-0.25, -0.2) is 0 Å². The van der Waals surface area contributed by atoms with E-state index < -0.39 is 5.92 Å². The molecule has 2 atom stereocenters. The number of hydrogen-bond acceptors (Lipinski definition) is 4. The standard InChI is InChI=1S/C20H21N3O3/c1-2-16-17(12-21)20(26)23(19(16)25)15-10-8-13(9-11-15)18(24)22-14-6-4-3-5-7-14/h3-11,16-17H,2,12,21H2,1H3,(H,22,24). The number of imide groups is 1. The molecule has 3 N–H and O–H groups in total. The highest BCUT2D eigenvalue weighted by Gasteiger charge is 2.46. The van der Waals surface area contributed by atoms with Crippen molar-refractivity contribution in [2.75, 3.05) is 16.8 Å². The molecule has 1 fully saturated rings. The molecule has 0 aliphatic carbocycles. The lowest BCUT2D eigenvalue weighted by molar-refractivity contribution is -0.122. The van der Waals surface area contributed by atoms with Crippen molar-refractivity contribution in [2.45, 2.75) is 13.3 Å². The largest absolute Gasteiger partial charge is 0.330 e. The lowest BCUT2D eigenvalue weighted by Gasteiger charge is -2.15. The van der Waals surface area contributed by atoms with E-state index in [9.17, 15) is 14.4 Å². The van der Waals surface area contributed by atoms with Gasteiger partial charge in [-0.15, -0.1) is 0 Å². The second kappa shape index (κ2) is 7.49. The van der Waals surface area contributed by atoms with Gasteiger partial charge in [-0.2, -0.15) is 0 Å². The molecule has 1 aliphatic heterocycles. The van der Waals surface area contributed by atoms with Gasteiger partial charge in [-0.3, -0.25) is 19.3 Å². The van der Waals surface area contributed by atoms with Crippen LogP contribution >= 0.6 is 0 Å². The van der Waals surface area contributed by atoms with Crippen molar-refractivity contribution in [2.24, 2.45) is 17.6 Å². The molecule has 0 aromatic heterocycles. The van der Waals surface area contributed by atoms with Gasteiger partial charge in [0.05, 0.1) is 17.5 Å². The highest BCUT2D eigenvalue weighted by atomic mass is 16.2. The first-order chi connectivity index (χ1) is 12.6. The minimum atomic E-state index is -0.478. The van der Waals surface area contributed by atoms with Crippen LogP contribution in [0.25, 0.3) is 0 Å². The molecule has 1 aliphatic rings. The fourth-order valence-electron chi connectivity index (χ4n) is 3.25. The monoisotopic (exact) mass is 351 g/mol. The molecule has 6 heteroatoms. The second-order valence-electron chi connectivity index (χ2n) is 6.24. The molecule has 2 unspecified atom stereocenters. The number of rotatable bonds is 5. The smallest absolute Gasteiger partial charge is 0.255 e. The second-order valence-corrected chi connectivity index (χ2v) is 6.24. The number of carbonyl (C=O) groups excluding carboxylic acids is 3. The Hall–Kier alpha value is -2.99. The van der Waals surface area contributed by atoms with Crippen LogP contribution in [0.3, 0.4) is 0 Å². The van der Waals surface area contributed by atoms with Crippen molar-refractivity contribution < 1.29 is 14.4 Å². The molecule has 0 radical (unpaired) electrons. The molecule has 26 heavy (non-hydrogen) atoms. The summed E-state index contributed by atoms with van der Waals surface area (Å²) in [5.74, 6) is -1.62. The van der Waals surface area contributed by atoms with E-state index in [1.54, 1.807) is 36.4 Å².